The van der Waals surface area contributed by atoms with Crippen LogP contribution in [-0.2, 0) is 22.6 Å². The first-order valence-electron chi connectivity index (χ1n) is 13.9. The number of piperazine rings is 1. The first-order valence-corrected chi connectivity index (χ1v) is 13.9. The van der Waals surface area contributed by atoms with Crippen LogP contribution in [0.3, 0.4) is 0 Å². The van der Waals surface area contributed by atoms with Crippen molar-refractivity contribution < 1.29 is 19.5 Å². The average Bonchev–Trinajstić information content (AvgIpc) is 3.00. The second kappa shape index (κ2) is 15.2. The Labute approximate surface area is 246 Å². The van der Waals surface area contributed by atoms with E-state index in [0.717, 1.165) is 16.7 Å². The molecule has 218 valence electrons. The summed E-state index contributed by atoms with van der Waals surface area (Å²) in [6, 6.07) is 24.5. The van der Waals surface area contributed by atoms with Gasteiger partial charge in [0.05, 0.1) is 13.1 Å². The summed E-state index contributed by atoms with van der Waals surface area (Å²) in [6.07, 6.45) is 4.93. The third kappa shape index (κ3) is 8.55. The summed E-state index contributed by atoms with van der Waals surface area (Å²) in [5.74, 6) is -0.431. The summed E-state index contributed by atoms with van der Waals surface area (Å²) in [6.45, 7) is 4.81. The predicted molar refractivity (Wildman–Crippen MR) is 163 cm³/mol. The summed E-state index contributed by atoms with van der Waals surface area (Å²) in [4.78, 5) is 43.7. The first kappa shape index (κ1) is 30.1. The van der Waals surface area contributed by atoms with Crippen LogP contribution < -0.4 is 16.0 Å². The zero-order valence-electron chi connectivity index (χ0n) is 23.5. The number of nitrogens with one attached hydrogen (secondary N) is 3. The minimum absolute atomic E-state index is 0.0247. The minimum atomic E-state index is -0.870. The van der Waals surface area contributed by atoms with Crippen LogP contribution in [0.5, 0.6) is 5.75 Å². The molecule has 0 aliphatic carbocycles. The number of aromatic hydroxyl groups is 1. The molecule has 0 aromatic heterocycles. The molecule has 3 aromatic carbocycles. The maximum atomic E-state index is 13.9. The maximum absolute atomic E-state index is 13.9. The molecule has 42 heavy (non-hydrogen) atoms. The Morgan fingerprint density at radius 2 is 1.64 bits per heavy atom. The number of nitrogens with zero attached hydrogens (tertiary/aromatic N) is 2. The van der Waals surface area contributed by atoms with Crippen LogP contribution in [0.4, 0.5) is 4.79 Å². The van der Waals surface area contributed by atoms with Crippen molar-refractivity contribution in [2.75, 3.05) is 26.2 Å². The van der Waals surface area contributed by atoms with Gasteiger partial charge in [0.15, 0.2) is 0 Å². The van der Waals surface area contributed by atoms with Crippen LogP contribution in [0.2, 0.25) is 0 Å². The van der Waals surface area contributed by atoms with E-state index in [0.29, 0.717) is 19.6 Å². The van der Waals surface area contributed by atoms with E-state index in [-0.39, 0.29) is 37.1 Å². The van der Waals surface area contributed by atoms with Crippen LogP contribution in [0.1, 0.15) is 16.7 Å². The highest BCUT2D eigenvalue weighted by Crippen LogP contribution is 2.22. The minimum Gasteiger partial charge on any atom is -0.508 e. The summed E-state index contributed by atoms with van der Waals surface area (Å²) in [7, 11) is 0. The molecule has 9 nitrogen and oxygen atoms in total. The van der Waals surface area contributed by atoms with Crippen molar-refractivity contribution in [3.05, 3.63) is 120 Å². The number of carbonyl (C=O) groups is 3. The van der Waals surface area contributed by atoms with Crippen molar-refractivity contribution in [1.82, 2.24) is 25.8 Å². The van der Waals surface area contributed by atoms with E-state index in [1.165, 1.54) is 4.90 Å². The van der Waals surface area contributed by atoms with E-state index in [1.54, 1.807) is 35.2 Å². The van der Waals surface area contributed by atoms with E-state index in [1.807, 2.05) is 72.8 Å². The number of hydrogen-bond acceptors (Lipinski definition) is 5. The van der Waals surface area contributed by atoms with Gasteiger partial charge in [-0.15, -0.1) is 6.58 Å². The summed E-state index contributed by atoms with van der Waals surface area (Å²) >= 11 is 0. The highest BCUT2D eigenvalue weighted by atomic mass is 16.3. The fourth-order valence-electron chi connectivity index (χ4n) is 4.84. The molecule has 4 amide bonds. The summed E-state index contributed by atoms with van der Waals surface area (Å²) in [5.41, 5.74) is 2.71. The highest BCUT2D eigenvalue weighted by Gasteiger charge is 2.43. The zero-order chi connectivity index (χ0) is 29.7. The van der Waals surface area contributed by atoms with Gasteiger partial charge in [-0.3, -0.25) is 9.59 Å². The molecule has 9 heteroatoms. The van der Waals surface area contributed by atoms with Crippen molar-refractivity contribution in [3.8, 4) is 5.75 Å². The van der Waals surface area contributed by atoms with Gasteiger partial charge >= 0.3 is 6.03 Å². The molecular formula is C33H37N5O4. The van der Waals surface area contributed by atoms with Gasteiger partial charge in [0.2, 0.25) is 11.8 Å². The molecule has 1 heterocycles. The van der Waals surface area contributed by atoms with E-state index >= 15 is 0 Å². The fourth-order valence-corrected chi connectivity index (χ4v) is 4.84. The Kier molecular flexibility index (Phi) is 10.9. The van der Waals surface area contributed by atoms with E-state index in [2.05, 4.69) is 22.5 Å². The normalized spacial score (nSPS) is 16.8. The van der Waals surface area contributed by atoms with E-state index in [9.17, 15) is 19.5 Å². The smallest absolute Gasteiger partial charge is 0.316 e. The molecule has 4 rings (SSSR count). The lowest BCUT2D eigenvalue weighted by Crippen LogP contribution is -2.69. The number of phenolic OH excluding ortho intramolecular Hbond substituents is 1. The van der Waals surface area contributed by atoms with Gasteiger partial charge in [-0.05, 0) is 28.8 Å². The molecule has 1 aliphatic heterocycles. The molecule has 0 unspecified atom stereocenters. The predicted octanol–water partition coefficient (Wildman–Crippen LogP) is 3.29. The van der Waals surface area contributed by atoms with Crippen molar-refractivity contribution in [1.29, 1.82) is 0 Å². The van der Waals surface area contributed by atoms with Gasteiger partial charge in [0, 0.05) is 26.1 Å². The number of benzene rings is 3. The molecule has 4 N–H and O–H groups in total. The average molecular weight is 568 g/mol. The zero-order valence-corrected chi connectivity index (χ0v) is 23.5. The molecule has 2 atom stereocenters. The number of carbonyl (C=O) groups excluding carboxylic acids is 3. The number of urea groups is 1. The Morgan fingerprint density at radius 3 is 2.33 bits per heavy atom. The SMILES string of the molecule is C=CCNCC(=O)N1[C@@H](NC(=O)NCc2ccccc2)CN(C/C=C/c2ccccc2)C(=O)[C@@H]1Cc1ccc(O)cc1. The molecule has 1 aliphatic rings. The lowest BCUT2D eigenvalue weighted by Gasteiger charge is -2.46. The van der Waals surface area contributed by atoms with Crippen molar-refractivity contribution in [2.24, 2.45) is 0 Å². The van der Waals surface area contributed by atoms with Crippen LogP contribution >= 0.6 is 0 Å². The standard InChI is InChI=1S/C33H37N5O4/c1-2-19-34-23-31(40)38-29(21-26-15-17-28(39)18-16-26)32(41)37(20-9-14-25-10-5-3-6-11-25)24-30(38)36-33(42)35-22-27-12-7-4-8-13-27/h2-18,29-30,34,39H,1,19-24H2,(H2,35,36,42)/b14-9+/t29-,30+/m0/s1. The van der Waals surface area contributed by atoms with Gasteiger partial charge in [0.1, 0.15) is 18.0 Å². The quantitative estimate of drug-likeness (QED) is 0.198. The van der Waals surface area contributed by atoms with Gasteiger partial charge in [-0.1, -0.05) is 91.0 Å². The highest BCUT2D eigenvalue weighted by molar-refractivity contribution is 5.91. The summed E-state index contributed by atoms with van der Waals surface area (Å²) in [5, 5.41) is 18.6. The van der Waals surface area contributed by atoms with E-state index < -0.39 is 18.2 Å². The van der Waals surface area contributed by atoms with Crippen molar-refractivity contribution in [2.45, 2.75) is 25.2 Å². The lowest BCUT2D eigenvalue weighted by atomic mass is 9.99. The van der Waals surface area contributed by atoms with Crippen LogP contribution in [0.15, 0.2) is 104 Å². The van der Waals surface area contributed by atoms with Crippen molar-refractivity contribution in [3.63, 3.8) is 0 Å². The molecule has 1 fully saturated rings. The van der Waals surface area contributed by atoms with Crippen LogP contribution in [0.25, 0.3) is 6.08 Å². The third-order valence-electron chi connectivity index (χ3n) is 6.91. The molecule has 1 saturated heterocycles. The fraction of sp³-hybridized carbons (Fsp3) is 0.242. The van der Waals surface area contributed by atoms with Gasteiger partial charge in [-0.2, -0.15) is 0 Å². The molecule has 0 spiro atoms. The molecular weight excluding hydrogens is 530 g/mol. The first-order chi connectivity index (χ1) is 20.4. The Morgan fingerprint density at radius 1 is 0.952 bits per heavy atom. The van der Waals surface area contributed by atoms with Gasteiger partial charge in [-0.25, -0.2) is 4.79 Å². The number of amides is 4. The third-order valence-corrected chi connectivity index (χ3v) is 6.91. The van der Waals surface area contributed by atoms with Crippen LogP contribution in [0, 0.1) is 0 Å². The van der Waals surface area contributed by atoms with E-state index in [4.69, 9.17) is 0 Å². The molecule has 3 aromatic rings. The van der Waals surface area contributed by atoms with Crippen molar-refractivity contribution >= 4 is 23.9 Å². The number of rotatable bonds is 12. The monoisotopic (exact) mass is 567 g/mol. The largest absolute Gasteiger partial charge is 0.508 e. The van der Waals surface area contributed by atoms with Crippen LogP contribution in [-0.4, -0.2) is 71.1 Å². The number of phenols is 1. The molecule has 0 radical (unpaired) electrons. The molecule has 0 saturated carbocycles. The second-order valence-electron chi connectivity index (χ2n) is 9.99. The Balaban J connectivity index is 1.59. The Bertz CT molecular complexity index is 1360. The Hall–Kier alpha value is -4.89. The second-order valence-corrected chi connectivity index (χ2v) is 9.99. The van der Waals surface area contributed by atoms with Gasteiger partial charge in [0.25, 0.3) is 0 Å². The topological polar surface area (TPSA) is 114 Å². The summed E-state index contributed by atoms with van der Waals surface area (Å²) < 4.78 is 0. The number of hydrogen-bond donors (Lipinski definition) is 4. The lowest BCUT2D eigenvalue weighted by molar-refractivity contribution is -0.155. The maximum Gasteiger partial charge on any atom is 0.316 e. The molecule has 0 bridgehead atoms. The van der Waals surface area contributed by atoms with Gasteiger partial charge < -0.3 is 30.9 Å².